The minimum Gasteiger partial charge on any atom is -0.394 e. The van der Waals surface area contributed by atoms with Gasteiger partial charge in [-0.3, -0.25) is 4.79 Å². The van der Waals surface area contributed by atoms with Crippen molar-refractivity contribution in [3.8, 4) is 0 Å². The summed E-state index contributed by atoms with van der Waals surface area (Å²) in [5, 5.41) is 8.96. The first-order chi connectivity index (χ1) is 6.47. The van der Waals surface area contributed by atoms with Gasteiger partial charge in [-0.15, -0.1) is 0 Å². The molecule has 1 rings (SSSR count). The number of aliphatic hydroxyl groups is 1. The molecule has 1 heterocycles. The quantitative estimate of drug-likeness (QED) is 0.569. The van der Waals surface area contributed by atoms with Crippen LogP contribution in [0.3, 0.4) is 0 Å². The van der Waals surface area contributed by atoms with Crippen molar-refractivity contribution in [2.24, 2.45) is 5.73 Å². The summed E-state index contributed by atoms with van der Waals surface area (Å²) in [7, 11) is 2.02. The van der Waals surface area contributed by atoms with Crippen molar-refractivity contribution < 1.29 is 9.90 Å². The van der Waals surface area contributed by atoms with E-state index in [9.17, 15) is 4.79 Å². The number of carbonyl (C=O) groups excluding carboxylic acids is 1. The zero-order valence-corrected chi connectivity index (χ0v) is 8.86. The summed E-state index contributed by atoms with van der Waals surface area (Å²) in [5.74, 6) is -0.159. The highest BCUT2D eigenvalue weighted by Gasteiger charge is 2.33. The first kappa shape index (κ1) is 11.4. The van der Waals surface area contributed by atoms with E-state index >= 15 is 0 Å². The van der Waals surface area contributed by atoms with Crippen molar-refractivity contribution in [3.05, 3.63) is 0 Å². The average molecular weight is 201 g/mol. The van der Waals surface area contributed by atoms with E-state index in [2.05, 4.69) is 4.90 Å². The fourth-order valence-electron chi connectivity index (χ4n) is 1.44. The highest BCUT2D eigenvalue weighted by Crippen LogP contribution is 2.07. The van der Waals surface area contributed by atoms with Crippen LogP contribution in [0.15, 0.2) is 0 Å². The van der Waals surface area contributed by atoms with Crippen molar-refractivity contribution >= 4 is 5.91 Å². The molecule has 0 saturated carbocycles. The lowest BCUT2D eigenvalue weighted by atomic mass is 10.0. The van der Waals surface area contributed by atoms with Crippen LogP contribution >= 0.6 is 0 Å². The van der Waals surface area contributed by atoms with Crippen LogP contribution < -0.4 is 5.73 Å². The van der Waals surface area contributed by atoms with Crippen LogP contribution in [-0.2, 0) is 4.79 Å². The fourth-order valence-corrected chi connectivity index (χ4v) is 1.44. The molecule has 3 N–H and O–H groups in total. The molecule has 1 saturated heterocycles. The molecule has 5 nitrogen and oxygen atoms in total. The first-order valence-corrected chi connectivity index (χ1v) is 4.85. The van der Waals surface area contributed by atoms with Crippen LogP contribution in [0.25, 0.3) is 0 Å². The maximum Gasteiger partial charge on any atom is 0.244 e. The number of nitrogens with two attached hydrogens (primary N) is 1. The van der Waals surface area contributed by atoms with Crippen molar-refractivity contribution in [1.82, 2.24) is 9.80 Å². The van der Waals surface area contributed by atoms with Gasteiger partial charge in [-0.1, -0.05) is 0 Å². The molecule has 0 aromatic heterocycles. The summed E-state index contributed by atoms with van der Waals surface area (Å²) >= 11 is 0. The lowest BCUT2D eigenvalue weighted by Gasteiger charge is -2.36. The Balaban J connectivity index is 2.54. The van der Waals surface area contributed by atoms with Crippen molar-refractivity contribution in [2.75, 3.05) is 39.8 Å². The Hall–Kier alpha value is -0.650. The lowest BCUT2D eigenvalue weighted by Crippen LogP contribution is -2.59. The Kier molecular flexibility index (Phi) is 3.47. The van der Waals surface area contributed by atoms with E-state index in [1.807, 2.05) is 7.05 Å². The number of likely N-dealkylation sites (N-methyl/N-ethyl adjacent to an activating group) is 1. The Morgan fingerprint density at radius 3 is 2.36 bits per heavy atom. The molecule has 1 atom stereocenters. The van der Waals surface area contributed by atoms with Crippen LogP contribution in [0, 0.1) is 0 Å². The summed E-state index contributed by atoms with van der Waals surface area (Å²) in [6, 6.07) is 0. The van der Waals surface area contributed by atoms with Gasteiger partial charge >= 0.3 is 0 Å². The molecule has 1 amide bonds. The molecule has 82 valence electrons. The SMILES string of the molecule is CN1CCN(C(=O)[C@@](C)(N)CO)CC1. The molecular formula is C9H19N3O2. The number of rotatable bonds is 2. The van der Waals surface area contributed by atoms with Gasteiger partial charge < -0.3 is 20.6 Å². The number of nitrogens with zero attached hydrogens (tertiary/aromatic N) is 2. The Morgan fingerprint density at radius 2 is 1.93 bits per heavy atom. The van der Waals surface area contributed by atoms with Gasteiger partial charge in [0.05, 0.1) is 6.61 Å². The molecule has 5 heteroatoms. The predicted molar refractivity (Wildman–Crippen MR) is 53.8 cm³/mol. The number of carbonyl (C=O) groups is 1. The molecule has 14 heavy (non-hydrogen) atoms. The van der Waals surface area contributed by atoms with Crippen molar-refractivity contribution in [2.45, 2.75) is 12.5 Å². The number of hydrogen-bond donors (Lipinski definition) is 2. The lowest BCUT2D eigenvalue weighted by molar-refractivity contribution is -0.139. The minimum absolute atomic E-state index is 0.159. The van der Waals surface area contributed by atoms with Crippen LogP contribution in [0.4, 0.5) is 0 Å². The zero-order valence-electron chi connectivity index (χ0n) is 8.86. The third-order valence-corrected chi connectivity index (χ3v) is 2.61. The normalized spacial score (nSPS) is 23.3. The molecule has 1 aliphatic rings. The van der Waals surface area contributed by atoms with Gasteiger partial charge in [0.2, 0.25) is 5.91 Å². The summed E-state index contributed by atoms with van der Waals surface area (Å²) in [5.41, 5.74) is 4.54. The van der Waals surface area contributed by atoms with Crippen molar-refractivity contribution in [1.29, 1.82) is 0 Å². The Morgan fingerprint density at radius 1 is 1.43 bits per heavy atom. The zero-order chi connectivity index (χ0) is 10.8. The number of aliphatic hydroxyl groups excluding tert-OH is 1. The fraction of sp³-hybridized carbons (Fsp3) is 0.889. The van der Waals surface area contributed by atoms with E-state index in [4.69, 9.17) is 10.8 Å². The topological polar surface area (TPSA) is 69.8 Å². The van der Waals surface area contributed by atoms with E-state index in [1.165, 1.54) is 0 Å². The molecule has 1 fully saturated rings. The van der Waals surface area contributed by atoms with Gasteiger partial charge in [-0.2, -0.15) is 0 Å². The van der Waals surface area contributed by atoms with Gasteiger partial charge in [0.1, 0.15) is 5.54 Å². The maximum atomic E-state index is 11.8. The molecule has 0 aromatic carbocycles. The minimum atomic E-state index is -1.13. The highest BCUT2D eigenvalue weighted by atomic mass is 16.3. The predicted octanol–water partition coefficient (Wildman–Crippen LogP) is -1.53. The van der Waals surface area contributed by atoms with Crippen LogP contribution in [0.2, 0.25) is 0 Å². The summed E-state index contributed by atoms with van der Waals surface area (Å²) in [6.07, 6.45) is 0. The van der Waals surface area contributed by atoms with Gasteiger partial charge in [-0.25, -0.2) is 0 Å². The van der Waals surface area contributed by atoms with E-state index in [0.717, 1.165) is 13.1 Å². The first-order valence-electron chi connectivity index (χ1n) is 4.85. The van der Waals surface area contributed by atoms with Crippen LogP contribution in [-0.4, -0.2) is 66.2 Å². The third kappa shape index (κ3) is 2.43. The average Bonchev–Trinajstić information content (AvgIpc) is 2.18. The van der Waals surface area contributed by atoms with Gasteiger partial charge in [0.15, 0.2) is 0 Å². The van der Waals surface area contributed by atoms with E-state index in [0.29, 0.717) is 13.1 Å². The monoisotopic (exact) mass is 201 g/mol. The number of hydrogen-bond acceptors (Lipinski definition) is 4. The molecule has 0 aliphatic carbocycles. The van der Waals surface area contributed by atoms with Gasteiger partial charge in [0.25, 0.3) is 0 Å². The second-order valence-corrected chi connectivity index (χ2v) is 4.17. The Labute approximate surface area is 84.5 Å². The molecule has 0 aromatic rings. The molecule has 0 spiro atoms. The van der Waals surface area contributed by atoms with E-state index in [1.54, 1.807) is 11.8 Å². The maximum absolute atomic E-state index is 11.8. The number of piperazine rings is 1. The van der Waals surface area contributed by atoms with Crippen LogP contribution in [0.5, 0.6) is 0 Å². The standard InChI is InChI=1S/C9H19N3O2/c1-9(10,7-13)8(14)12-5-3-11(2)4-6-12/h13H,3-7,10H2,1-2H3/t9-/m0/s1. The van der Waals surface area contributed by atoms with E-state index in [-0.39, 0.29) is 12.5 Å². The van der Waals surface area contributed by atoms with Crippen LogP contribution in [0.1, 0.15) is 6.92 Å². The van der Waals surface area contributed by atoms with E-state index < -0.39 is 5.54 Å². The van der Waals surface area contributed by atoms with Crippen molar-refractivity contribution in [3.63, 3.8) is 0 Å². The largest absolute Gasteiger partial charge is 0.394 e. The highest BCUT2D eigenvalue weighted by molar-refractivity contribution is 5.85. The molecule has 1 aliphatic heterocycles. The second kappa shape index (κ2) is 4.25. The second-order valence-electron chi connectivity index (χ2n) is 4.17. The Bertz CT molecular complexity index is 210. The molecule has 0 bridgehead atoms. The molecular weight excluding hydrogens is 182 g/mol. The molecule has 0 unspecified atom stereocenters. The summed E-state index contributed by atoms with van der Waals surface area (Å²) in [4.78, 5) is 15.7. The third-order valence-electron chi connectivity index (χ3n) is 2.61. The van der Waals surface area contributed by atoms with Gasteiger partial charge in [0, 0.05) is 26.2 Å². The summed E-state index contributed by atoms with van der Waals surface area (Å²) in [6.45, 7) is 4.39. The molecule has 0 radical (unpaired) electrons. The summed E-state index contributed by atoms with van der Waals surface area (Å²) < 4.78 is 0. The smallest absolute Gasteiger partial charge is 0.244 e. The number of amides is 1. The van der Waals surface area contributed by atoms with Gasteiger partial charge in [-0.05, 0) is 14.0 Å².